The third-order valence-corrected chi connectivity index (χ3v) is 2.83. The van der Waals surface area contributed by atoms with Crippen LogP contribution < -0.4 is 11.3 Å². The van der Waals surface area contributed by atoms with Crippen LogP contribution in [0.3, 0.4) is 0 Å². The van der Waals surface area contributed by atoms with Gasteiger partial charge in [0.05, 0.1) is 0 Å². The van der Waals surface area contributed by atoms with Crippen molar-refractivity contribution in [2.45, 2.75) is 26.3 Å². The Hall–Kier alpha value is -0.130. The Morgan fingerprint density at radius 3 is 2.64 bits per heavy atom. The van der Waals surface area contributed by atoms with E-state index in [1.54, 1.807) is 0 Å². The molecule has 3 heteroatoms. The van der Waals surface area contributed by atoms with Crippen LogP contribution in [-0.2, 0) is 0 Å². The van der Waals surface area contributed by atoms with Crippen LogP contribution in [0.2, 0.25) is 0 Å². The second kappa shape index (κ2) is 5.68. The number of rotatable bonds is 4. The summed E-state index contributed by atoms with van der Waals surface area (Å²) in [4.78, 5) is 0. The van der Waals surface area contributed by atoms with Gasteiger partial charge in [0.1, 0.15) is 0 Å². The molecule has 0 aromatic heterocycles. The Balaban J connectivity index is 2.78. The number of nitrogens with one attached hydrogen (secondary N) is 1. The minimum Gasteiger partial charge on any atom is -0.271 e. The minimum absolute atomic E-state index is 0.268. The molecule has 0 saturated carbocycles. The van der Waals surface area contributed by atoms with Crippen molar-refractivity contribution in [3.63, 3.8) is 0 Å². The van der Waals surface area contributed by atoms with E-state index < -0.39 is 0 Å². The predicted molar refractivity (Wildman–Crippen MR) is 68.7 cm³/mol. The van der Waals surface area contributed by atoms with Gasteiger partial charge in [0.2, 0.25) is 0 Å². The van der Waals surface area contributed by atoms with Crippen molar-refractivity contribution in [1.29, 1.82) is 0 Å². The number of halogens is 1. The topological polar surface area (TPSA) is 38.0 Å². The summed E-state index contributed by atoms with van der Waals surface area (Å²) in [5, 5.41) is 0. The highest BCUT2D eigenvalue weighted by molar-refractivity contribution is 14.1. The summed E-state index contributed by atoms with van der Waals surface area (Å²) in [6.07, 6.45) is 1.07. The fourth-order valence-corrected chi connectivity index (χ4v) is 2.06. The summed E-state index contributed by atoms with van der Waals surface area (Å²) in [7, 11) is 0. The van der Waals surface area contributed by atoms with Crippen LogP contribution in [0.4, 0.5) is 0 Å². The number of hydrogen-bond donors (Lipinski definition) is 2. The molecule has 1 aromatic rings. The van der Waals surface area contributed by atoms with Crippen LogP contribution in [0.5, 0.6) is 0 Å². The number of hydrogen-bond acceptors (Lipinski definition) is 2. The summed E-state index contributed by atoms with van der Waals surface area (Å²) in [5.41, 5.74) is 4.14. The quantitative estimate of drug-likeness (QED) is 0.510. The van der Waals surface area contributed by atoms with Gasteiger partial charge in [-0.3, -0.25) is 11.3 Å². The van der Waals surface area contributed by atoms with E-state index >= 15 is 0 Å². The lowest BCUT2D eigenvalue weighted by molar-refractivity contribution is 0.438. The molecule has 1 unspecified atom stereocenters. The zero-order valence-corrected chi connectivity index (χ0v) is 10.8. The molecule has 1 atom stereocenters. The highest BCUT2D eigenvalue weighted by atomic mass is 127. The van der Waals surface area contributed by atoms with Crippen LogP contribution >= 0.6 is 22.6 Å². The first-order chi connectivity index (χ1) is 6.63. The summed E-state index contributed by atoms with van der Waals surface area (Å²) in [6.45, 7) is 4.41. The lowest BCUT2D eigenvalue weighted by Crippen LogP contribution is -2.29. The Labute approximate surface area is 99.4 Å². The maximum absolute atomic E-state index is 5.55. The molecule has 1 aromatic carbocycles. The maximum atomic E-state index is 5.55. The van der Waals surface area contributed by atoms with Gasteiger partial charge in [0, 0.05) is 9.61 Å². The van der Waals surface area contributed by atoms with Crippen LogP contribution in [0.25, 0.3) is 0 Å². The van der Waals surface area contributed by atoms with Crippen molar-refractivity contribution in [3.05, 3.63) is 33.4 Å². The fraction of sp³-hybridized carbons (Fsp3) is 0.455. The molecule has 0 fully saturated rings. The van der Waals surface area contributed by atoms with Crippen LogP contribution in [0.15, 0.2) is 24.3 Å². The molecule has 0 aliphatic heterocycles. The molecule has 0 aliphatic rings. The van der Waals surface area contributed by atoms with E-state index in [1.165, 1.54) is 9.13 Å². The minimum atomic E-state index is 0.268. The average Bonchev–Trinajstić information content (AvgIpc) is 2.14. The third-order valence-electron chi connectivity index (χ3n) is 2.16. The van der Waals surface area contributed by atoms with E-state index in [9.17, 15) is 0 Å². The first-order valence-electron chi connectivity index (χ1n) is 4.85. The number of benzene rings is 1. The molecule has 1 rings (SSSR count). The van der Waals surface area contributed by atoms with Crippen LogP contribution in [0, 0.1) is 9.49 Å². The molecular formula is C11H17IN2. The second-order valence-electron chi connectivity index (χ2n) is 3.90. The van der Waals surface area contributed by atoms with Crippen molar-refractivity contribution in [2.75, 3.05) is 0 Å². The monoisotopic (exact) mass is 304 g/mol. The normalized spacial score (nSPS) is 13.2. The van der Waals surface area contributed by atoms with Crippen molar-refractivity contribution in [2.24, 2.45) is 11.8 Å². The predicted octanol–water partition coefficient (Wildman–Crippen LogP) is 2.84. The zero-order valence-electron chi connectivity index (χ0n) is 8.63. The molecule has 3 N–H and O–H groups in total. The zero-order chi connectivity index (χ0) is 10.6. The van der Waals surface area contributed by atoms with Gasteiger partial charge in [-0.25, -0.2) is 0 Å². The number of hydrazine groups is 1. The van der Waals surface area contributed by atoms with Gasteiger partial charge in [0.25, 0.3) is 0 Å². The molecule has 14 heavy (non-hydrogen) atoms. The fourth-order valence-electron chi connectivity index (χ4n) is 1.50. The van der Waals surface area contributed by atoms with E-state index in [2.05, 4.69) is 66.1 Å². The standard InChI is InChI=1S/C11H17IN2/c1-8(2)6-11(14-13)9-4-3-5-10(12)7-9/h3-5,7-8,11,14H,6,13H2,1-2H3. The largest absolute Gasteiger partial charge is 0.271 e. The summed E-state index contributed by atoms with van der Waals surface area (Å²) >= 11 is 2.32. The summed E-state index contributed by atoms with van der Waals surface area (Å²) < 4.78 is 1.25. The van der Waals surface area contributed by atoms with E-state index in [0.29, 0.717) is 5.92 Å². The van der Waals surface area contributed by atoms with Gasteiger partial charge < -0.3 is 0 Å². The highest BCUT2D eigenvalue weighted by Crippen LogP contribution is 2.21. The summed E-state index contributed by atoms with van der Waals surface area (Å²) in [6, 6.07) is 8.72. The van der Waals surface area contributed by atoms with Crippen molar-refractivity contribution >= 4 is 22.6 Å². The van der Waals surface area contributed by atoms with E-state index in [4.69, 9.17) is 5.84 Å². The number of nitrogens with two attached hydrogens (primary N) is 1. The van der Waals surface area contributed by atoms with Gasteiger partial charge in [-0.2, -0.15) is 0 Å². The molecule has 0 radical (unpaired) electrons. The Bertz CT molecular complexity index is 286. The van der Waals surface area contributed by atoms with Gasteiger partial charge >= 0.3 is 0 Å². The van der Waals surface area contributed by atoms with Gasteiger partial charge in [-0.15, -0.1) is 0 Å². The van der Waals surface area contributed by atoms with Crippen molar-refractivity contribution in [3.8, 4) is 0 Å². The summed E-state index contributed by atoms with van der Waals surface area (Å²) in [5.74, 6) is 6.20. The molecule has 2 nitrogen and oxygen atoms in total. The first kappa shape index (κ1) is 11.9. The molecule has 0 heterocycles. The van der Waals surface area contributed by atoms with Gasteiger partial charge in [0.15, 0.2) is 0 Å². The highest BCUT2D eigenvalue weighted by Gasteiger charge is 2.11. The molecular weight excluding hydrogens is 287 g/mol. The Kier molecular flexibility index (Phi) is 4.84. The maximum Gasteiger partial charge on any atom is 0.0462 e. The molecule has 0 spiro atoms. The van der Waals surface area contributed by atoms with Crippen molar-refractivity contribution < 1.29 is 0 Å². The van der Waals surface area contributed by atoms with Crippen molar-refractivity contribution in [1.82, 2.24) is 5.43 Å². The smallest absolute Gasteiger partial charge is 0.0462 e. The molecule has 78 valence electrons. The molecule has 0 bridgehead atoms. The van der Waals surface area contributed by atoms with Crippen LogP contribution in [0.1, 0.15) is 31.9 Å². The molecule has 0 saturated heterocycles. The Morgan fingerprint density at radius 2 is 2.14 bits per heavy atom. The van der Waals surface area contributed by atoms with Gasteiger partial charge in [-0.05, 0) is 52.6 Å². The Morgan fingerprint density at radius 1 is 1.43 bits per heavy atom. The second-order valence-corrected chi connectivity index (χ2v) is 5.15. The first-order valence-corrected chi connectivity index (χ1v) is 5.93. The van der Waals surface area contributed by atoms with Crippen LogP contribution in [-0.4, -0.2) is 0 Å². The molecule has 0 aliphatic carbocycles. The third kappa shape index (κ3) is 3.55. The molecule has 0 amide bonds. The lowest BCUT2D eigenvalue weighted by Gasteiger charge is -2.18. The average molecular weight is 304 g/mol. The van der Waals surface area contributed by atoms with E-state index in [0.717, 1.165) is 6.42 Å². The van der Waals surface area contributed by atoms with E-state index in [1.807, 2.05) is 0 Å². The SMILES string of the molecule is CC(C)CC(NN)c1cccc(I)c1. The van der Waals surface area contributed by atoms with E-state index in [-0.39, 0.29) is 6.04 Å². The van der Waals surface area contributed by atoms with Gasteiger partial charge in [-0.1, -0.05) is 26.0 Å². The lowest BCUT2D eigenvalue weighted by atomic mass is 9.98.